The molecule has 5 rings (SSSR count). The molecule has 0 bridgehead atoms. The molecule has 3 aromatic carbocycles. The molecule has 0 heterocycles. The van der Waals surface area contributed by atoms with E-state index >= 15 is 4.39 Å². The summed E-state index contributed by atoms with van der Waals surface area (Å²) in [4.78, 5) is 11.6. The number of aryl methyl sites for hydroxylation is 1. The highest BCUT2D eigenvalue weighted by atomic mass is 19.1. The number of fused-ring (bicyclic) bond motifs is 1. The number of aliphatic carboxylic acids is 1. The molecule has 3 aromatic rings. The van der Waals surface area contributed by atoms with Crippen molar-refractivity contribution in [1.29, 1.82) is 0 Å². The molecule has 5 heteroatoms. The smallest absolute Gasteiger partial charge is 0.304 e. The first-order valence-corrected chi connectivity index (χ1v) is 14.1. The van der Waals surface area contributed by atoms with Gasteiger partial charge in [0.2, 0.25) is 0 Å². The van der Waals surface area contributed by atoms with Crippen molar-refractivity contribution in [2.75, 3.05) is 7.11 Å². The van der Waals surface area contributed by atoms with E-state index in [1.54, 1.807) is 19.2 Å². The van der Waals surface area contributed by atoms with Crippen LogP contribution in [0, 0.1) is 11.2 Å². The summed E-state index contributed by atoms with van der Waals surface area (Å²) in [5.41, 5.74) is 5.94. The summed E-state index contributed by atoms with van der Waals surface area (Å²) >= 11 is 0. The Morgan fingerprint density at radius 3 is 2.51 bits per heavy atom. The van der Waals surface area contributed by atoms with Gasteiger partial charge in [-0.05, 0) is 108 Å². The highest BCUT2D eigenvalue weighted by Gasteiger charge is 2.39. The lowest BCUT2D eigenvalue weighted by atomic mass is 9.76. The number of carboxylic acid groups (broad SMARTS) is 1. The van der Waals surface area contributed by atoms with Crippen LogP contribution in [0.1, 0.15) is 87.5 Å². The maximum absolute atomic E-state index is 15.0. The number of methoxy groups -OCH3 is 1. The summed E-state index contributed by atoms with van der Waals surface area (Å²) in [5.74, 6) is 0.731. The lowest BCUT2D eigenvalue weighted by Crippen LogP contribution is -2.25. The zero-order valence-corrected chi connectivity index (χ0v) is 23.5. The van der Waals surface area contributed by atoms with Crippen LogP contribution in [-0.4, -0.2) is 18.2 Å². The van der Waals surface area contributed by atoms with E-state index in [-0.39, 0.29) is 23.1 Å². The van der Waals surface area contributed by atoms with Crippen LogP contribution in [0.25, 0.3) is 11.1 Å². The zero-order valence-electron chi connectivity index (χ0n) is 23.5. The minimum Gasteiger partial charge on any atom is -0.497 e. The molecule has 1 unspecified atom stereocenters. The summed E-state index contributed by atoms with van der Waals surface area (Å²) < 4.78 is 26.7. The summed E-state index contributed by atoms with van der Waals surface area (Å²) in [6.07, 6.45) is 5.97. The minimum atomic E-state index is -0.758. The summed E-state index contributed by atoms with van der Waals surface area (Å²) in [7, 11) is 1.60. The molecule has 0 amide bonds. The first-order valence-electron chi connectivity index (χ1n) is 14.1. The van der Waals surface area contributed by atoms with Crippen molar-refractivity contribution in [3.63, 3.8) is 0 Å². The molecule has 0 aliphatic heterocycles. The Labute approximate surface area is 231 Å². The SMILES string of the molecule is CC[C@@]1(CC(=O)O)CCc2ccc(OCc3ccc(-c4cc(OC)ccc4F)c(C4CCC(C)(C)C4)c3)cc21. The van der Waals surface area contributed by atoms with Crippen molar-refractivity contribution in [3.8, 4) is 22.6 Å². The summed E-state index contributed by atoms with van der Waals surface area (Å²) in [6.45, 7) is 7.07. The molecule has 0 spiro atoms. The zero-order chi connectivity index (χ0) is 27.8. The molecule has 2 aliphatic carbocycles. The van der Waals surface area contributed by atoms with E-state index in [1.165, 1.54) is 11.6 Å². The summed E-state index contributed by atoms with van der Waals surface area (Å²) in [6, 6.07) is 17.3. The topological polar surface area (TPSA) is 55.8 Å². The molecule has 0 radical (unpaired) electrons. The predicted molar refractivity (Wildman–Crippen MR) is 152 cm³/mol. The van der Waals surface area contributed by atoms with Crippen molar-refractivity contribution in [3.05, 3.63) is 82.7 Å². The molecular formula is C34H39FO4. The van der Waals surface area contributed by atoms with E-state index in [0.29, 0.717) is 23.8 Å². The average Bonchev–Trinajstić information content (AvgIpc) is 3.47. The average molecular weight is 531 g/mol. The first-order chi connectivity index (χ1) is 18.6. The standard InChI is InChI=1S/C34H39FO4/c1-5-34(20-32(36)37)15-13-23-7-8-26(18-30(23)34)39-21-22-6-10-27(29-17-25(38-4)9-11-31(29)35)28(16-22)24-12-14-33(2,3)19-24/h6-11,16-18,24H,5,12-15,19-21H2,1-4H3,(H,36,37)/t24?,34-/m0/s1. The number of carbonyl (C=O) groups is 1. The van der Waals surface area contributed by atoms with Crippen molar-refractivity contribution in [1.82, 2.24) is 0 Å². The van der Waals surface area contributed by atoms with E-state index < -0.39 is 5.97 Å². The lowest BCUT2D eigenvalue weighted by molar-refractivity contribution is -0.138. The van der Waals surface area contributed by atoms with Crippen molar-refractivity contribution in [2.24, 2.45) is 5.41 Å². The van der Waals surface area contributed by atoms with E-state index in [9.17, 15) is 9.90 Å². The maximum Gasteiger partial charge on any atom is 0.304 e. The van der Waals surface area contributed by atoms with Gasteiger partial charge in [-0.2, -0.15) is 0 Å². The van der Waals surface area contributed by atoms with Gasteiger partial charge in [-0.1, -0.05) is 45.0 Å². The Morgan fingerprint density at radius 1 is 1.03 bits per heavy atom. The Bertz CT molecular complexity index is 1380. The van der Waals surface area contributed by atoms with E-state index in [1.807, 2.05) is 18.2 Å². The third-order valence-electron chi connectivity index (χ3n) is 9.09. The van der Waals surface area contributed by atoms with Crippen LogP contribution in [0.5, 0.6) is 11.5 Å². The molecule has 1 fully saturated rings. The van der Waals surface area contributed by atoms with E-state index in [0.717, 1.165) is 66.5 Å². The van der Waals surface area contributed by atoms with Gasteiger partial charge in [0.15, 0.2) is 0 Å². The number of halogens is 1. The fourth-order valence-corrected chi connectivity index (χ4v) is 6.82. The quantitative estimate of drug-likeness (QED) is 0.302. The molecule has 39 heavy (non-hydrogen) atoms. The maximum atomic E-state index is 15.0. The molecule has 0 aromatic heterocycles. The largest absolute Gasteiger partial charge is 0.497 e. The Balaban J connectivity index is 1.44. The monoisotopic (exact) mass is 530 g/mol. The van der Waals surface area contributed by atoms with Gasteiger partial charge in [-0.3, -0.25) is 4.79 Å². The normalized spacial score (nSPS) is 21.5. The van der Waals surface area contributed by atoms with Gasteiger partial charge in [0.1, 0.15) is 23.9 Å². The highest BCUT2D eigenvalue weighted by Crippen LogP contribution is 2.49. The van der Waals surface area contributed by atoms with Gasteiger partial charge in [-0.15, -0.1) is 0 Å². The van der Waals surface area contributed by atoms with Crippen LogP contribution >= 0.6 is 0 Å². The van der Waals surface area contributed by atoms with Crippen LogP contribution in [0.4, 0.5) is 4.39 Å². The fourth-order valence-electron chi connectivity index (χ4n) is 6.82. The van der Waals surface area contributed by atoms with Gasteiger partial charge in [-0.25, -0.2) is 4.39 Å². The van der Waals surface area contributed by atoms with Crippen molar-refractivity contribution >= 4 is 5.97 Å². The fraction of sp³-hybridized carbons (Fsp3) is 0.441. The Morgan fingerprint density at radius 2 is 1.82 bits per heavy atom. The minimum absolute atomic E-state index is 0.142. The van der Waals surface area contributed by atoms with Gasteiger partial charge in [0.25, 0.3) is 0 Å². The highest BCUT2D eigenvalue weighted by molar-refractivity contribution is 5.71. The number of carboxylic acids is 1. The molecular weight excluding hydrogens is 491 g/mol. The lowest BCUT2D eigenvalue weighted by Gasteiger charge is -2.27. The van der Waals surface area contributed by atoms with Crippen LogP contribution < -0.4 is 9.47 Å². The Hall–Kier alpha value is -3.34. The first kappa shape index (κ1) is 27.2. The summed E-state index contributed by atoms with van der Waals surface area (Å²) in [5, 5.41) is 9.55. The second kappa shape index (κ2) is 10.7. The molecule has 2 atom stereocenters. The molecule has 2 aliphatic rings. The number of hydrogen-bond acceptors (Lipinski definition) is 3. The second-order valence-corrected chi connectivity index (χ2v) is 12.2. The van der Waals surface area contributed by atoms with E-state index in [2.05, 4.69) is 39.0 Å². The van der Waals surface area contributed by atoms with Crippen LogP contribution in [0.3, 0.4) is 0 Å². The van der Waals surface area contributed by atoms with E-state index in [4.69, 9.17) is 9.47 Å². The number of ether oxygens (including phenoxy) is 2. The van der Waals surface area contributed by atoms with Gasteiger partial charge < -0.3 is 14.6 Å². The van der Waals surface area contributed by atoms with Crippen LogP contribution in [0.15, 0.2) is 54.6 Å². The number of hydrogen-bond donors (Lipinski definition) is 1. The molecule has 0 saturated heterocycles. The van der Waals surface area contributed by atoms with Crippen molar-refractivity contribution < 1.29 is 23.8 Å². The molecule has 206 valence electrons. The Kier molecular flexibility index (Phi) is 7.45. The second-order valence-electron chi connectivity index (χ2n) is 12.2. The molecule has 4 nitrogen and oxygen atoms in total. The molecule has 1 saturated carbocycles. The van der Waals surface area contributed by atoms with Gasteiger partial charge in [0, 0.05) is 11.0 Å². The van der Waals surface area contributed by atoms with Crippen LogP contribution in [-0.2, 0) is 23.2 Å². The number of rotatable bonds is 9. The van der Waals surface area contributed by atoms with Gasteiger partial charge >= 0.3 is 5.97 Å². The predicted octanol–water partition coefficient (Wildman–Crippen LogP) is 8.44. The van der Waals surface area contributed by atoms with Crippen LogP contribution in [0.2, 0.25) is 0 Å². The third-order valence-corrected chi connectivity index (χ3v) is 9.09. The van der Waals surface area contributed by atoms with Crippen molar-refractivity contribution in [2.45, 2.75) is 83.7 Å². The molecule has 1 N–H and O–H groups in total. The third kappa shape index (κ3) is 5.54. The number of benzene rings is 3. The van der Waals surface area contributed by atoms with Gasteiger partial charge in [0.05, 0.1) is 13.5 Å².